The number of carbonyl (C=O) groups excluding carboxylic acids is 1. The molecule has 1 N–H and O–H groups in total. The highest BCUT2D eigenvalue weighted by atomic mass is 19.1. The SMILES string of the molecule is CC(C)CC(C)(CC1CC1)C(=O)Nc1cnc2c(F)cccc2c1. The molecule has 3 rings (SSSR count). The summed E-state index contributed by atoms with van der Waals surface area (Å²) in [4.78, 5) is 17.1. The van der Waals surface area contributed by atoms with E-state index in [1.54, 1.807) is 18.2 Å². The maximum Gasteiger partial charge on any atom is 0.230 e. The normalized spacial score (nSPS) is 17.0. The third-order valence-electron chi connectivity index (χ3n) is 4.76. The van der Waals surface area contributed by atoms with Crippen LogP contribution in [0.3, 0.4) is 0 Å². The van der Waals surface area contributed by atoms with Crippen LogP contribution in [0.4, 0.5) is 10.1 Å². The van der Waals surface area contributed by atoms with Gasteiger partial charge in [-0.15, -0.1) is 0 Å². The fourth-order valence-corrected chi connectivity index (χ4v) is 3.60. The first-order chi connectivity index (χ1) is 11.4. The highest BCUT2D eigenvalue weighted by Crippen LogP contribution is 2.43. The Morgan fingerprint density at radius 1 is 1.42 bits per heavy atom. The van der Waals surface area contributed by atoms with E-state index < -0.39 is 0 Å². The summed E-state index contributed by atoms with van der Waals surface area (Å²) in [6.07, 6.45) is 5.81. The summed E-state index contributed by atoms with van der Waals surface area (Å²) in [6, 6.07) is 6.64. The number of hydrogen-bond donors (Lipinski definition) is 1. The van der Waals surface area contributed by atoms with Crippen LogP contribution in [0.1, 0.15) is 46.5 Å². The van der Waals surface area contributed by atoms with Crippen molar-refractivity contribution in [3.8, 4) is 0 Å². The van der Waals surface area contributed by atoms with Gasteiger partial charge in [-0.2, -0.15) is 0 Å². The lowest BCUT2D eigenvalue weighted by Crippen LogP contribution is -2.35. The molecule has 24 heavy (non-hydrogen) atoms. The summed E-state index contributed by atoms with van der Waals surface area (Å²) in [6.45, 7) is 6.37. The van der Waals surface area contributed by atoms with E-state index >= 15 is 0 Å². The molecule has 1 amide bonds. The molecule has 1 heterocycles. The summed E-state index contributed by atoms with van der Waals surface area (Å²) in [5, 5.41) is 3.70. The first kappa shape index (κ1) is 16.9. The minimum Gasteiger partial charge on any atom is -0.324 e. The lowest BCUT2D eigenvalue weighted by Gasteiger charge is -2.30. The molecule has 1 aliphatic rings. The summed E-state index contributed by atoms with van der Waals surface area (Å²) < 4.78 is 13.7. The molecule has 3 nitrogen and oxygen atoms in total. The van der Waals surface area contributed by atoms with Crippen LogP contribution in [0.15, 0.2) is 30.5 Å². The Morgan fingerprint density at radius 3 is 2.83 bits per heavy atom. The second kappa shape index (κ2) is 6.50. The van der Waals surface area contributed by atoms with Gasteiger partial charge >= 0.3 is 0 Å². The molecule has 1 unspecified atom stereocenters. The van der Waals surface area contributed by atoms with E-state index in [1.807, 2.05) is 0 Å². The van der Waals surface area contributed by atoms with E-state index in [2.05, 4.69) is 31.1 Å². The summed E-state index contributed by atoms with van der Waals surface area (Å²) >= 11 is 0. The second-order valence-corrected chi connectivity index (χ2v) is 7.80. The Hall–Kier alpha value is -1.97. The van der Waals surface area contributed by atoms with E-state index in [-0.39, 0.29) is 17.1 Å². The standard InChI is InChI=1S/C20H25FN2O/c1-13(2)10-20(3,11-14-7-8-14)19(24)23-16-9-15-5-4-6-17(21)18(15)22-12-16/h4-6,9,12-14H,7-8,10-11H2,1-3H3,(H,23,24). The quantitative estimate of drug-likeness (QED) is 0.795. The maximum atomic E-state index is 13.7. The van der Waals surface area contributed by atoms with Crippen molar-refractivity contribution in [3.63, 3.8) is 0 Å². The Kier molecular flexibility index (Phi) is 4.57. The Morgan fingerprint density at radius 2 is 2.17 bits per heavy atom. The van der Waals surface area contributed by atoms with Crippen molar-refractivity contribution in [1.29, 1.82) is 0 Å². The monoisotopic (exact) mass is 328 g/mol. The Bertz CT molecular complexity index is 748. The Labute approximate surface area is 142 Å². The molecule has 0 bridgehead atoms. The third-order valence-corrected chi connectivity index (χ3v) is 4.76. The van der Waals surface area contributed by atoms with Crippen LogP contribution in [-0.4, -0.2) is 10.9 Å². The van der Waals surface area contributed by atoms with Crippen LogP contribution in [-0.2, 0) is 4.79 Å². The predicted octanol–water partition coefficient (Wildman–Crippen LogP) is 5.16. The highest BCUT2D eigenvalue weighted by Gasteiger charge is 2.39. The number of rotatable bonds is 6. The van der Waals surface area contributed by atoms with Gasteiger partial charge < -0.3 is 5.32 Å². The van der Waals surface area contributed by atoms with Crippen LogP contribution in [0.2, 0.25) is 0 Å². The summed E-state index contributed by atoms with van der Waals surface area (Å²) in [5.74, 6) is 0.844. The number of pyridine rings is 1. The lowest BCUT2D eigenvalue weighted by molar-refractivity contribution is -0.126. The molecule has 1 aromatic heterocycles. The van der Waals surface area contributed by atoms with Crippen molar-refractivity contribution < 1.29 is 9.18 Å². The van der Waals surface area contributed by atoms with E-state index in [4.69, 9.17) is 0 Å². The van der Waals surface area contributed by atoms with Gasteiger partial charge in [0, 0.05) is 10.8 Å². The van der Waals surface area contributed by atoms with Gasteiger partial charge in [0.05, 0.1) is 11.9 Å². The fourth-order valence-electron chi connectivity index (χ4n) is 3.60. The molecular weight excluding hydrogens is 303 g/mol. The average molecular weight is 328 g/mol. The van der Waals surface area contributed by atoms with Crippen LogP contribution < -0.4 is 5.32 Å². The van der Waals surface area contributed by atoms with Gasteiger partial charge in [-0.25, -0.2) is 4.39 Å². The molecule has 1 saturated carbocycles. The number of halogens is 1. The van der Waals surface area contributed by atoms with E-state index in [0.717, 1.165) is 12.8 Å². The fraction of sp³-hybridized carbons (Fsp3) is 0.500. The first-order valence-electron chi connectivity index (χ1n) is 8.73. The van der Waals surface area contributed by atoms with E-state index in [9.17, 15) is 9.18 Å². The molecule has 0 radical (unpaired) electrons. The van der Waals surface area contributed by atoms with Gasteiger partial charge in [0.25, 0.3) is 0 Å². The number of nitrogens with zero attached hydrogens (tertiary/aromatic N) is 1. The lowest BCUT2D eigenvalue weighted by atomic mass is 9.76. The topological polar surface area (TPSA) is 42.0 Å². The third kappa shape index (κ3) is 3.74. The zero-order valence-corrected chi connectivity index (χ0v) is 14.6. The number of hydrogen-bond acceptors (Lipinski definition) is 2. The van der Waals surface area contributed by atoms with Crippen molar-refractivity contribution in [2.45, 2.75) is 46.5 Å². The number of nitrogens with one attached hydrogen (secondary N) is 1. The number of fused-ring (bicyclic) bond motifs is 1. The summed E-state index contributed by atoms with van der Waals surface area (Å²) in [5.41, 5.74) is 0.592. The largest absolute Gasteiger partial charge is 0.324 e. The molecule has 0 saturated heterocycles. The van der Waals surface area contributed by atoms with E-state index in [0.29, 0.717) is 28.4 Å². The highest BCUT2D eigenvalue weighted by molar-refractivity contribution is 5.96. The molecule has 0 aliphatic heterocycles. The minimum atomic E-state index is -0.369. The van der Waals surface area contributed by atoms with Gasteiger partial charge in [0.2, 0.25) is 5.91 Å². The molecule has 0 spiro atoms. The average Bonchev–Trinajstić information content (AvgIpc) is 3.30. The minimum absolute atomic E-state index is 0.0423. The maximum absolute atomic E-state index is 13.7. The number of aromatic nitrogens is 1. The first-order valence-corrected chi connectivity index (χ1v) is 8.73. The van der Waals surface area contributed by atoms with Crippen LogP contribution in [0.5, 0.6) is 0 Å². The molecule has 1 atom stereocenters. The molecular formula is C20H25FN2O. The molecule has 1 aromatic carbocycles. The molecule has 2 aromatic rings. The van der Waals surface area contributed by atoms with Crippen molar-refractivity contribution in [2.24, 2.45) is 17.3 Å². The zero-order chi connectivity index (χ0) is 17.3. The molecule has 128 valence electrons. The van der Waals surface area contributed by atoms with Gasteiger partial charge in [-0.3, -0.25) is 9.78 Å². The molecule has 1 aliphatic carbocycles. The number of para-hydroxylation sites is 1. The van der Waals surface area contributed by atoms with Gasteiger partial charge in [-0.05, 0) is 36.8 Å². The number of amides is 1. The van der Waals surface area contributed by atoms with Crippen molar-refractivity contribution >= 4 is 22.5 Å². The smallest absolute Gasteiger partial charge is 0.230 e. The van der Waals surface area contributed by atoms with Crippen LogP contribution in [0, 0.1) is 23.1 Å². The van der Waals surface area contributed by atoms with Gasteiger partial charge in [0.15, 0.2) is 0 Å². The molecule has 4 heteroatoms. The van der Waals surface area contributed by atoms with Crippen LogP contribution >= 0.6 is 0 Å². The van der Waals surface area contributed by atoms with E-state index in [1.165, 1.54) is 25.1 Å². The second-order valence-electron chi connectivity index (χ2n) is 7.80. The number of benzene rings is 1. The van der Waals surface area contributed by atoms with Crippen molar-refractivity contribution in [2.75, 3.05) is 5.32 Å². The number of carbonyl (C=O) groups is 1. The zero-order valence-electron chi connectivity index (χ0n) is 14.6. The van der Waals surface area contributed by atoms with Crippen LogP contribution in [0.25, 0.3) is 10.9 Å². The number of anilines is 1. The molecule has 1 fully saturated rings. The van der Waals surface area contributed by atoms with Crippen molar-refractivity contribution in [3.05, 3.63) is 36.3 Å². The van der Waals surface area contributed by atoms with Gasteiger partial charge in [0.1, 0.15) is 11.3 Å². The predicted molar refractivity (Wildman–Crippen MR) is 95.2 cm³/mol. The van der Waals surface area contributed by atoms with Crippen molar-refractivity contribution in [1.82, 2.24) is 4.98 Å². The van der Waals surface area contributed by atoms with Gasteiger partial charge in [-0.1, -0.05) is 45.7 Å². The Balaban J connectivity index is 1.81. The summed E-state index contributed by atoms with van der Waals surface area (Å²) in [7, 11) is 0.